The van der Waals surface area contributed by atoms with Crippen LogP contribution < -0.4 is 5.32 Å². The van der Waals surface area contributed by atoms with Gasteiger partial charge in [0.2, 0.25) is 0 Å². The highest BCUT2D eigenvalue weighted by molar-refractivity contribution is 6.30. The fourth-order valence-electron chi connectivity index (χ4n) is 2.88. The fraction of sp³-hybridized carbons (Fsp3) is 0.211. The number of halogens is 1. The number of rotatable bonds is 4. The van der Waals surface area contributed by atoms with E-state index >= 15 is 0 Å². The lowest BCUT2D eigenvalue weighted by molar-refractivity contribution is 0.0905. The minimum atomic E-state index is -0.173. The van der Waals surface area contributed by atoms with E-state index in [-0.39, 0.29) is 11.9 Å². The molecule has 23 heavy (non-hydrogen) atoms. The zero-order valence-corrected chi connectivity index (χ0v) is 13.2. The number of carbonyl (C=O) groups excluding carboxylic acids is 1. The Morgan fingerprint density at radius 3 is 2.57 bits per heavy atom. The van der Waals surface area contributed by atoms with Crippen molar-refractivity contribution < 1.29 is 9.21 Å². The second kappa shape index (κ2) is 5.74. The van der Waals surface area contributed by atoms with Gasteiger partial charge in [-0.1, -0.05) is 41.9 Å². The van der Waals surface area contributed by atoms with Crippen molar-refractivity contribution >= 4 is 28.5 Å². The number of hydrogen-bond acceptors (Lipinski definition) is 2. The van der Waals surface area contributed by atoms with Crippen molar-refractivity contribution in [1.82, 2.24) is 5.32 Å². The van der Waals surface area contributed by atoms with Crippen LogP contribution in [0.5, 0.6) is 0 Å². The molecule has 1 amide bonds. The Bertz CT molecular complexity index is 816. The number of carbonyl (C=O) groups is 1. The average molecular weight is 326 g/mol. The highest BCUT2D eigenvalue weighted by atomic mass is 35.5. The van der Waals surface area contributed by atoms with Crippen LogP contribution in [0.4, 0.5) is 0 Å². The maximum absolute atomic E-state index is 12.6. The number of benzene rings is 2. The van der Waals surface area contributed by atoms with Gasteiger partial charge in [0.05, 0.1) is 6.04 Å². The summed E-state index contributed by atoms with van der Waals surface area (Å²) in [6.07, 6.45) is 2.27. The van der Waals surface area contributed by atoms with E-state index in [1.807, 2.05) is 48.5 Å². The predicted molar refractivity (Wildman–Crippen MR) is 90.6 cm³/mol. The van der Waals surface area contributed by atoms with Crippen LogP contribution in [0.15, 0.2) is 59.0 Å². The Kier molecular flexibility index (Phi) is 3.58. The Balaban J connectivity index is 1.58. The van der Waals surface area contributed by atoms with E-state index in [2.05, 4.69) is 5.32 Å². The largest absolute Gasteiger partial charge is 0.451 e. The molecule has 0 saturated heterocycles. The molecule has 1 aliphatic carbocycles. The molecule has 0 spiro atoms. The number of para-hydroxylation sites is 1. The molecule has 1 saturated carbocycles. The quantitative estimate of drug-likeness (QED) is 0.736. The topological polar surface area (TPSA) is 42.2 Å². The van der Waals surface area contributed by atoms with Gasteiger partial charge in [0.15, 0.2) is 5.76 Å². The SMILES string of the molecule is O=C(N[C@H](c1ccc(Cl)cc1)C1CC1)c1cc2ccccc2o1. The Labute approximate surface area is 139 Å². The summed E-state index contributed by atoms with van der Waals surface area (Å²) in [6.45, 7) is 0. The minimum Gasteiger partial charge on any atom is -0.451 e. The van der Waals surface area contributed by atoms with E-state index in [4.69, 9.17) is 16.0 Å². The highest BCUT2D eigenvalue weighted by Crippen LogP contribution is 2.41. The zero-order valence-electron chi connectivity index (χ0n) is 12.5. The summed E-state index contributed by atoms with van der Waals surface area (Å²) >= 11 is 5.96. The maximum Gasteiger partial charge on any atom is 0.287 e. The molecule has 4 heteroatoms. The lowest BCUT2D eigenvalue weighted by Gasteiger charge is -2.18. The van der Waals surface area contributed by atoms with E-state index in [0.717, 1.165) is 29.4 Å². The second-order valence-corrected chi connectivity index (χ2v) is 6.43. The first-order chi connectivity index (χ1) is 11.2. The van der Waals surface area contributed by atoms with Gasteiger partial charge >= 0.3 is 0 Å². The van der Waals surface area contributed by atoms with E-state index < -0.39 is 0 Å². The molecule has 4 rings (SSSR count). The molecular formula is C19H16ClNO2. The number of amides is 1. The summed E-state index contributed by atoms with van der Waals surface area (Å²) in [5.74, 6) is 0.670. The maximum atomic E-state index is 12.6. The average Bonchev–Trinajstić information content (AvgIpc) is 3.31. The van der Waals surface area contributed by atoms with Gasteiger partial charge in [-0.15, -0.1) is 0 Å². The monoisotopic (exact) mass is 325 g/mol. The first-order valence-corrected chi connectivity index (χ1v) is 8.13. The predicted octanol–water partition coefficient (Wildman–Crippen LogP) is 4.97. The lowest BCUT2D eigenvalue weighted by Crippen LogP contribution is -2.29. The molecule has 3 aromatic rings. The van der Waals surface area contributed by atoms with Crippen LogP contribution in [-0.2, 0) is 0 Å². The smallest absolute Gasteiger partial charge is 0.287 e. The number of fused-ring (bicyclic) bond motifs is 1. The van der Waals surface area contributed by atoms with Gasteiger partial charge in [-0.2, -0.15) is 0 Å². The summed E-state index contributed by atoms with van der Waals surface area (Å²) in [5, 5.41) is 4.75. The molecule has 0 aliphatic heterocycles. The zero-order chi connectivity index (χ0) is 15.8. The lowest BCUT2D eigenvalue weighted by atomic mass is 10.0. The second-order valence-electron chi connectivity index (χ2n) is 5.99. The van der Waals surface area contributed by atoms with Crippen molar-refractivity contribution in [2.45, 2.75) is 18.9 Å². The summed E-state index contributed by atoms with van der Waals surface area (Å²) in [5.41, 5.74) is 1.81. The van der Waals surface area contributed by atoms with Crippen LogP contribution in [0.2, 0.25) is 5.02 Å². The fourth-order valence-corrected chi connectivity index (χ4v) is 3.01. The first-order valence-electron chi connectivity index (χ1n) is 7.75. The third-order valence-electron chi connectivity index (χ3n) is 4.26. The third-order valence-corrected chi connectivity index (χ3v) is 4.51. The molecule has 1 aliphatic rings. The van der Waals surface area contributed by atoms with Crippen molar-refractivity contribution in [3.63, 3.8) is 0 Å². The number of furan rings is 1. The summed E-state index contributed by atoms with van der Waals surface area (Å²) in [7, 11) is 0. The molecule has 0 bridgehead atoms. The van der Waals surface area contributed by atoms with E-state index in [1.54, 1.807) is 6.07 Å². The molecule has 0 unspecified atom stereocenters. The molecule has 116 valence electrons. The number of nitrogens with one attached hydrogen (secondary N) is 1. The van der Waals surface area contributed by atoms with Crippen LogP contribution in [0.3, 0.4) is 0 Å². The minimum absolute atomic E-state index is 0.00739. The van der Waals surface area contributed by atoms with Crippen LogP contribution in [0.1, 0.15) is 35.0 Å². The van der Waals surface area contributed by atoms with Crippen molar-refractivity contribution in [1.29, 1.82) is 0 Å². The van der Waals surface area contributed by atoms with Crippen molar-refractivity contribution in [2.24, 2.45) is 5.92 Å². The summed E-state index contributed by atoms with van der Waals surface area (Å²) in [6, 6.07) is 17.1. The Hall–Kier alpha value is -2.26. The third kappa shape index (κ3) is 2.97. The Morgan fingerprint density at radius 2 is 1.87 bits per heavy atom. The normalized spacial score (nSPS) is 15.5. The van der Waals surface area contributed by atoms with E-state index in [9.17, 15) is 4.79 Å². The summed E-state index contributed by atoms with van der Waals surface area (Å²) in [4.78, 5) is 12.6. The molecule has 1 aromatic heterocycles. The van der Waals surface area contributed by atoms with Gasteiger partial charge in [0.1, 0.15) is 5.58 Å². The molecule has 2 aromatic carbocycles. The molecule has 1 atom stereocenters. The molecule has 1 heterocycles. The summed E-state index contributed by atoms with van der Waals surface area (Å²) < 4.78 is 5.65. The van der Waals surface area contributed by atoms with Gasteiger partial charge in [0.25, 0.3) is 5.91 Å². The molecule has 1 N–H and O–H groups in total. The number of hydrogen-bond donors (Lipinski definition) is 1. The van der Waals surface area contributed by atoms with Gasteiger partial charge < -0.3 is 9.73 Å². The van der Waals surface area contributed by atoms with Crippen molar-refractivity contribution in [2.75, 3.05) is 0 Å². The standard InChI is InChI=1S/C19H16ClNO2/c20-15-9-7-13(8-10-15)18(12-5-6-12)21-19(22)17-11-14-3-1-2-4-16(14)23-17/h1-4,7-12,18H,5-6H2,(H,21,22)/t18-/m0/s1. The van der Waals surface area contributed by atoms with Gasteiger partial charge in [-0.25, -0.2) is 0 Å². The molecular weight excluding hydrogens is 310 g/mol. The highest BCUT2D eigenvalue weighted by Gasteiger charge is 2.34. The van der Waals surface area contributed by atoms with Crippen LogP contribution in [0, 0.1) is 5.92 Å². The molecule has 0 radical (unpaired) electrons. The van der Waals surface area contributed by atoms with E-state index in [0.29, 0.717) is 16.7 Å². The molecule has 3 nitrogen and oxygen atoms in total. The van der Waals surface area contributed by atoms with Gasteiger partial charge in [0, 0.05) is 10.4 Å². The van der Waals surface area contributed by atoms with Crippen molar-refractivity contribution in [3.8, 4) is 0 Å². The van der Waals surface area contributed by atoms with Crippen LogP contribution >= 0.6 is 11.6 Å². The molecule has 1 fully saturated rings. The van der Waals surface area contributed by atoms with Gasteiger partial charge in [-0.3, -0.25) is 4.79 Å². The first kappa shape index (κ1) is 14.3. The van der Waals surface area contributed by atoms with Gasteiger partial charge in [-0.05, 0) is 48.6 Å². The van der Waals surface area contributed by atoms with Crippen LogP contribution in [0.25, 0.3) is 11.0 Å². The Morgan fingerprint density at radius 1 is 1.13 bits per heavy atom. The van der Waals surface area contributed by atoms with Crippen molar-refractivity contribution in [3.05, 3.63) is 70.9 Å². The van der Waals surface area contributed by atoms with Crippen LogP contribution in [-0.4, -0.2) is 5.91 Å². The van der Waals surface area contributed by atoms with E-state index in [1.165, 1.54) is 0 Å².